The number of hydrogen-bond acceptors (Lipinski definition) is 1. The summed E-state index contributed by atoms with van der Waals surface area (Å²) < 4.78 is 10.3. The number of aryl methyl sites for hydroxylation is 3. The fraction of sp³-hybridized carbons (Fsp3) is 0.318. The summed E-state index contributed by atoms with van der Waals surface area (Å²) in [5, 5.41) is 0. The van der Waals surface area contributed by atoms with Crippen LogP contribution in [0.1, 0.15) is 36.1 Å². The minimum Gasteiger partial charge on any atom is -0.487 e. The first kappa shape index (κ1) is 17.3. The van der Waals surface area contributed by atoms with Crippen LogP contribution in [0.4, 0.5) is 0 Å². The SMILES string of the molecule is Cc1cc(C)c(C[n+]2ccn(-c3ccccc3OC(C)C)c2)c(C)c1. The molecule has 25 heavy (non-hydrogen) atoms. The number of nitrogens with zero attached hydrogens (tertiary/aromatic N) is 2. The number of rotatable bonds is 5. The lowest BCUT2D eigenvalue weighted by atomic mass is 10.00. The molecule has 0 unspecified atom stereocenters. The zero-order valence-electron chi connectivity index (χ0n) is 15.8. The molecule has 2 aromatic carbocycles. The predicted octanol–water partition coefficient (Wildman–Crippen LogP) is 4.53. The van der Waals surface area contributed by atoms with Gasteiger partial charge in [0.15, 0.2) is 11.4 Å². The monoisotopic (exact) mass is 335 g/mol. The third kappa shape index (κ3) is 3.93. The van der Waals surface area contributed by atoms with E-state index in [0.717, 1.165) is 18.0 Å². The highest BCUT2D eigenvalue weighted by Crippen LogP contribution is 2.23. The van der Waals surface area contributed by atoms with E-state index < -0.39 is 0 Å². The van der Waals surface area contributed by atoms with Crippen molar-refractivity contribution in [2.45, 2.75) is 47.3 Å². The molecule has 130 valence electrons. The minimum absolute atomic E-state index is 0.154. The van der Waals surface area contributed by atoms with Crippen LogP contribution in [0.3, 0.4) is 0 Å². The molecule has 0 radical (unpaired) electrons. The Morgan fingerprint density at radius 3 is 2.40 bits per heavy atom. The second-order valence-corrected chi connectivity index (χ2v) is 7.00. The molecule has 1 heterocycles. The van der Waals surface area contributed by atoms with Crippen molar-refractivity contribution in [2.24, 2.45) is 0 Å². The second-order valence-electron chi connectivity index (χ2n) is 7.00. The van der Waals surface area contributed by atoms with E-state index in [1.807, 2.05) is 18.2 Å². The third-order valence-electron chi connectivity index (χ3n) is 4.38. The summed E-state index contributed by atoms with van der Waals surface area (Å²) in [5.41, 5.74) is 6.47. The zero-order chi connectivity index (χ0) is 18.0. The van der Waals surface area contributed by atoms with Gasteiger partial charge in [-0.15, -0.1) is 0 Å². The maximum Gasteiger partial charge on any atom is 0.249 e. The van der Waals surface area contributed by atoms with E-state index in [0.29, 0.717) is 0 Å². The van der Waals surface area contributed by atoms with Crippen molar-refractivity contribution in [3.63, 3.8) is 0 Å². The van der Waals surface area contributed by atoms with Crippen LogP contribution in [0.25, 0.3) is 5.69 Å². The Labute approximate surface area is 150 Å². The Bertz CT molecular complexity index is 854. The minimum atomic E-state index is 0.154. The third-order valence-corrected chi connectivity index (χ3v) is 4.38. The molecule has 1 aromatic heterocycles. The Balaban J connectivity index is 1.89. The van der Waals surface area contributed by atoms with Gasteiger partial charge in [-0.2, -0.15) is 4.57 Å². The van der Waals surface area contributed by atoms with Crippen LogP contribution >= 0.6 is 0 Å². The highest BCUT2D eigenvalue weighted by atomic mass is 16.5. The van der Waals surface area contributed by atoms with Gasteiger partial charge in [-0.05, 0) is 63.4 Å². The first-order valence-corrected chi connectivity index (χ1v) is 8.84. The molecule has 0 aliphatic carbocycles. The zero-order valence-corrected chi connectivity index (χ0v) is 15.8. The Hall–Kier alpha value is -2.55. The molecule has 3 heteroatoms. The molecule has 3 nitrogen and oxygen atoms in total. The summed E-state index contributed by atoms with van der Waals surface area (Å²) >= 11 is 0. The van der Waals surface area contributed by atoms with Gasteiger partial charge < -0.3 is 4.74 Å². The van der Waals surface area contributed by atoms with Crippen LogP contribution in [0.15, 0.2) is 55.1 Å². The number of hydrogen-bond donors (Lipinski definition) is 0. The number of benzene rings is 2. The van der Waals surface area contributed by atoms with E-state index in [2.05, 4.69) is 80.7 Å². The van der Waals surface area contributed by atoms with Crippen molar-refractivity contribution in [2.75, 3.05) is 0 Å². The molecule has 3 aromatic rings. The first-order valence-electron chi connectivity index (χ1n) is 8.84. The van der Waals surface area contributed by atoms with Gasteiger partial charge in [-0.25, -0.2) is 4.57 Å². The second kappa shape index (κ2) is 7.14. The van der Waals surface area contributed by atoms with Gasteiger partial charge in [0.1, 0.15) is 18.9 Å². The highest BCUT2D eigenvalue weighted by Gasteiger charge is 2.14. The van der Waals surface area contributed by atoms with E-state index in [9.17, 15) is 0 Å². The maximum atomic E-state index is 5.95. The van der Waals surface area contributed by atoms with Crippen molar-refractivity contribution in [1.29, 1.82) is 0 Å². The molecule has 0 aliphatic rings. The fourth-order valence-corrected chi connectivity index (χ4v) is 3.30. The van der Waals surface area contributed by atoms with Crippen LogP contribution in [0, 0.1) is 20.8 Å². The van der Waals surface area contributed by atoms with Crippen LogP contribution in [-0.4, -0.2) is 10.7 Å². The lowest BCUT2D eigenvalue weighted by molar-refractivity contribution is -0.687. The molecule has 0 spiro atoms. The Morgan fingerprint density at radius 2 is 1.72 bits per heavy atom. The van der Waals surface area contributed by atoms with Gasteiger partial charge in [0.05, 0.1) is 6.10 Å². The number of ether oxygens (including phenoxy) is 1. The van der Waals surface area contributed by atoms with Gasteiger partial charge in [-0.3, -0.25) is 0 Å². The maximum absolute atomic E-state index is 5.95. The summed E-state index contributed by atoms with van der Waals surface area (Å²) in [5.74, 6) is 0.906. The number of imidazole rings is 1. The molecule has 0 fully saturated rings. The number of aromatic nitrogens is 2. The summed E-state index contributed by atoms with van der Waals surface area (Å²) in [4.78, 5) is 0. The molecule has 3 rings (SSSR count). The molecule has 0 aliphatic heterocycles. The highest BCUT2D eigenvalue weighted by molar-refractivity contribution is 5.46. The summed E-state index contributed by atoms with van der Waals surface area (Å²) in [7, 11) is 0. The van der Waals surface area contributed by atoms with E-state index in [1.165, 1.54) is 22.3 Å². The van der Waals surface area contributed by atoms with Gasteiger partial charge in [0, 0.05) is 0 Å². The van der Waals surface area contributed by atoms with E-state index >= 15 is 0 Å². The molecular weight excluding hydrogens is 308 g/mol. The quantitative estimate of drug-likeness (QED) is 0.627. The van der Waals surface area contributed by atoms with E-state index in [1.54, 1.807) is 0 Å². The Kier molecular flexibility index (Phi) is 4.93. The van der Waals surface area contributed by atoms with Gasteiger partial charge in [0.2, 0.25) is 6.33 Å². The number of para-hydroxylation sites is 2. The Morgan fingerprint density at radius 1 is 1.04 bits per heavy atom. The summed E-state index contributed by atoms with van der Waals surface area (Å²) in [6.45, 7) is 11.5. The van der Waals surface area contributed by atoms with Crippen LogP contribution in [-0.2, 0) is 6.54 Å². The predicted molar refractivity (Wildman–Crippen MR) is 101 cm³/mol. The fourth-order valence-electron chi connectivity index (χ4n) is 3.30. The lowest BCUT2D eigenvalue weighted by Gasteiger charge is -2.11. The van der Waals surface area contributed by atoms with Crippen molar-refractivity contribution < 1.29 is 9.30 Å². The largest absolute Gasteiger partial charge is 0.487 e. The normalized spacial score (nSPS) is 11.1. The van der Waals surface area contributed by atoms with Gasteiger partial charge in [0.25, 0.3) is 0 Å². The van der Waals surface area contributed by atoms with Gasteiger partial charge >= 0.3 is 0 Å². The van der Waals surface area contributed by atoms with Crippen LogP contribution in [0.2, 0.25) is 0 Å². The average molecular weight is 335 g/mol. The van der Waals surface area contributed by atoms with Gasteiger partial charge in [-0.1, -0.05) is 29.8 Å². The summed E-state index contributed by atoms with van der Waals surface area (Å²) in [6.07, 6.45) is 6.48. The molecule has 0 N–H and O–H groups in total. The van der Waals surface area contributed by atoms with Crippen molar-refractivity contribution in [3.05, 3.63) is 77.4 Å². The molecule has 0 atom stereocenters. The summed E-state index contributed by atoms with van der Waals surface area (Å²) in [6, 6.07) is 12.7. The first-order chi connectivity index (χ1) is 11.9. The lowest BCUT2D eigenvalue weighted by Crippen LogP contribution is -2.32. The van der Waals surface area contributed by atoms with Crippen molar-refractivity contribution >= 4 is 0 Å². The molecule has 0 saturated heterocycles. The molecule has 0 saturated carbocycles. The van der Waals surface area contributed by atoms with Crippen molar-refractivity contribution in [1.82, 2.24) is 4.57 Å². The van der Waals surface area contributed by atoms with Crippen LogP contribution in [0.5, 0.6) is 5.75 Å². The van der Waals surface area contributed by atoms with E-state index in [4.69, 9.17) is 4.74 Å². The molecule has 0 bridgehead atoms. The molecular formula is C22H27N2O+. The average Bonchev–Trinajstić information content (AvgIpc) is 2.99. The molecule has 0 amide bonds. The van der Waals surface area contributed by atoms with Crippen molar-refractivity contribution in [3.8, 4) is 11.4 Å². The topological polar surface area (TPSA) is 18.0 Å². The van der Waals surface area contributed by atoms with E-state index in [-0.39, 0.29) is 6.10 Å². The smallest absolute Gasteiger partial charge is 0.249 e. The van der Waals surface area contributed by atoms with Crippen LogP contribution < -0.4 is 9.30 Å². The standard InChI is InChI=1S/C22H27N2O/c1-16(2)25-22-9-7-6-8-21(22)24-11-10-23(15-24)14-20-18(4)12-17(3)13-19(20)5/h6-13,15-16H,14H2,1-5H3/q+1.